The van der Waals surface area contributed by atoms with Crippen LogP contribution in [0.25, 0.3) is 0 Å². The zero-order valence-corrected chi connectivity index (χ0v) is 18.1. The molecule has 1 aromatic heterocycles. The lowest BCUT2D eigenvalue weighted by Crippen LogP contribution is -2.45. The highest BCUT2D eigenvalue weighted by atomic mass is 32.2. The van der Waals surface area contributed by atoms with Gasteiger partial charge >= 0.3 is 0 Å². The van der Waals surface area contributed by atoms with Crippen LogP contribution in [0.5, 0.6) is 5.88 Å². The maximum Gasteiger partial charge on any atom is 0.220 e. The van der Waals surface area contributed by atoms with Crippen molar-refractivity contribution >= 4 is 10.0 Å². The molecule has 1 aromatic rings. The van der Waals surface area contributed by atoms with E-state index in [1.807, 2.05) is 6.92 Å². The van der Waals surface area contributed by atoms with Crippen LogP contribution in [0.1, 0.15) is 69.5 Å². The number of aromatic nitrogens is 2. The van der Waals surface area contributed by atoms with Gasteiger partial charge in [0.05, 0.1) is 31.2 Å². The number of hydrogen-bond acceptors (Lipinski definition) is 6. The fraction of sp³-hybridized carbons (Fsp3) is 0.800. The van der Waals surface area contributed by atoms with Crippen molar-refractivity contribution in [3.8, 4) is 5.88 Å². The van der Waals surface area contributed by atoms with Gasteiger partial charge in [-0.1, -0.05) is 27.2 Å². The van der Waals surface area contributed by atoms with E-state index in [1.165, 1.54) is 0 Å². The molecule has 0 amide bonds. The summed E-state index contributed by atoms with van der Waals surface area (Å²) in [4.78, 5) is 9.44. The van der Waals surface area contributed by atoms with Gasteiger partial charge in [-0.25, -0.2) is 13.4 Å². The van der Waals surface area contributed by atoms with E-state index in [1.54, 1.807) is 4.31 Å². The predicted octanol–water partition coefficient (Wildman–Crippen LogP) is 2.69. The van der Waals surface area contributed by atoms with Crippen molar-refractivity contribution in [2.45, 2.75) is 71.3 Å². The molecule has 1 saturated heterocycles. The molecular formula is C20H33N3O4S. The minimum absolute atomic E-state index is 0.173. The molecule has 0 aromatic carbocycles. The maximum atomic E-state index is 12.6. The largest absolute Gasteiger partial charge is 0.473 e. The van der Waals surface area contributed by atoms with Crippen molar-refractivity contribution in [3.05, 3.63) is 17.1 Å². The Bertz CT molecular complexity index is 767. The van der Waals surface area contributed by atoms with Gasteiger partial charge in [0.25, 0.3) is 0 Å². The molecule has 1 atom stereocenters. The molecule has 0 spiro atoms. The molecule has 1 unspecified atom stereocenters. The second kappa shape index (κ2) is 9.50. The van der Waals surface area contributed by atoms with Crippen molar-refractivity contribution in [3.63, 3.8) is 0 Å². The quantitative estimate of drug-likeness (QED) is 0.686. The average molecular weight is 412 g/mol. The van der Waals surface area contributed by atoms with E-state index in [4.69, 9.17) is 19.4 Å². The molecule has 8 heteroatoms. The van der Waals surface area contributed by atoms with Crippen LogP contribution in [0.3, 0.4) is 0 Å². The molecule has 0 saturated carbocycles. The van der Waals surface area contributed by atoms with Crippen LogP contribution in [0.2, 0.25) is 0 Å². The van der Waals surface area contributed by atoms with Gasteiger partial charge in [0.2, 0.25) is 15.9 Å². The summed E-state index contributed by atoms with van der Waals surface area (Å²) >= 11 is 0. The Morgan fingerprint density at radius 1 is 1.25 bits per heavy atom. The molecule has 0 aliphatic carbocycles. The van der Waals surface area contributed by atoms with Crippen LogP contribution in [0.4, 0.5) is 0 Å². The Kier molecular flexibility index (Phi) is 7.28. The van der Waals surface area contributed by atoms with Gasteiger partial charge < -0.3 is 9.47 Å². The highest BCUT2D eigenvalue weighted by molar-refractivity contribution is 7.89. The van der Waals surface area contributed by atoms with E-state index >= 15 is 0 Å². The Balaban J connectivity index is 1.79. The number of ether oxygens (including phenoxy) is 2. The summed E-state index contributed by atoms with van der Waals surface area (Å²) < 4.78 is 38.7. The van der Waals surface area contributed by atoms with E-state index in [0.29, 0.717) is 38.6 Å². The Labute approximate surface area is 168 Å². The Morgan fingerprint density at radius 2 is 2.04 bits per heavy atom. The smallest absolute Gasteiger partial charge is 0.220 e. The monoisotopic (exact) mass is 411 g/mol. The SMILES string of the molecule is CCCCS(=O)(=O)N1CCCC(Oc2nc(C(C)C)nc3c2CCOCC3)C1. The first kappa shape index (κ1) is 21.5. The summed E-state index contributed by atoms with van der Waals surface area (Å²) in [5.41, 5.74) is 2.03. The van der Waals surface area contributed by atoms with Crippen LogP contribution in [0.15, 0.2) is 0 Å². The van der Waals surface area contributed by atoms with E-state index in [9.17, 15) is 8.42 Å². The van der Waals surface area contributed by atoms with Gasteiger partial charge in [-0.15, -0.1) is 0 Å². The summed E-state index contributed by atoms with van der Waals surface area (Å²) in [6.45, 7) is 8.43. The summed E-state index contributed by atoms with van der Waals surface area (Å²) in [6.07, 6.45) is 4.54. The highest BCUT2D eigenvalue weighted by Gasteiger charge is 2.31. The third-order valence-corrected chi connectivity index (χ3v) is 7.26. The lowest BCUT2D eigenvalue weighted by Gasteiger charge is -2.32. The maximum absolute atomic E-state index is 12.6. The zero-order chi connectivity index (χ0) is 20.1. The van der Waals surface area contributed by atoms with Gasteiger partial charge in [-0.05, 0) is 19.3 Å². The van der Waals surface area contributed by atoms with Crippen LogP contribution in [0, 0.1) is 0 Å². The molecule has 2 aliphatic rings. The van der Waals surface area contributed by atoms with E-state index < -0.39 is 10.0 Å². The van der Waals surface area contributed by atoms with Crippen molar-refractivity contribution in [2.75, 3.05) is 32.1 Å². The number of nitrogens with zero attached hydrogens (tertiary/aromatic N) is 3. The molecule has 2 aliphatic heterocycles. The lowest BCUT2D eigenvalue weighted by molar-refractivity contribution is 0.121. The van der Waals surface area contributed by atoms with Gasteiger partial charge in [0, 0.05) is 30.9 Å². The molecule has 28 heavy (non-hydrogen) atoms. The normalized spacial score (nSPS) is 21.4. The minimum Gasteiger partial charge on any atom is -0.473 e. The molecule has 1 fully saturated rings. The third kappa shape index (κ3) is 5.21. The average Bonchev–Trinajstić information content (AvgIpc) is 2.92. The van der Waals surface area contributed by atoms with E-state index in [-0.39, 0.29) is 17.8 Å². The summed E-state index contributed by atoms with van der Waals surface area (Å²) in [7, 11) is -3.21. The number of fused-ring (bicyclic) bond motifs is 1. The van der Waals surface area contributed by atoms with Gasteiger partial charge in [-0.3, -0.25) is 0 Å². The predicted molar refractivity (Wildman–Crippen MR) is 108 cm³/mol. The molecule has 0 bridgehead atoms. The first-order chi connectivity index (χ1) is 13.4. The molecule has 3 heterocycles. The van der Waals surface area contributed by atoms with Crippen LogP contribution in [-0.2, 0) is 27.6 Å². The second-order valence-electron chi connectivity index (χ2n) is 7.99. The summed E-state index contributed by atoms with van der Waals surface area (Å²) in [6, 6.07) is 0. The minimum atomic E-state index is -3.21. The molecule has 0 N–H and O–H groups in total. The number of hydrogen-bond donors (Lipinski definition) is 0. The topological polar surface area (TPSA) is 81.6 Å². The molecule has 3 rings (SSSR count). The molecular weight excluding hydrogens is 378 g/mol. The van der Waals surface area contributed by atoms with Crippen molar-refractivity contribution in [2.24, 2.45) is 0 Å². The molecule has 7 nitrogen and oxygen atoms in total. The van der Waals surface area contributed by atoms with Gasteiger partial charge in [0.1, 0.15) is 11.9 Å². The fourth-order valence-electron chi connectivity index (χ4n) is 3.65. The number of piperidine rings is 1. The second-order valence-corrected chi connectivity index (χ2v) is 10.1. The van der Waals surface area contributed by atoms with Crippen molar-refractivity contribution in [1.29, 1.82) is 0 Å². The standard InChI is InChI=1S/C20H33N3O4S/c1-4-5-13-28(24,25)23-10-6-7-16(14-23)27-20-17-8-11-26-12-9-18(17)21-19(22-20)15(2)3/h15-16H,4-14H2,1-3H3. The lowest BCUT2D eigenvalue weighted by atomic mass is 10.1. The van der Waals surface area contributed by atoms with Crippen molar-refractivity contribution in [1.82, 2.24) is 14.3 Å². The van der Waals surface area contributed by atoms with Crippen LogP contribution < -0.4 is 4.74 Å². The van der Waals surface area contributed by atoms with Crippen LogP contribution >= 0.6 is 0 Å². The zero-order valence-electron chi connectivity index (χ0n) is 17.3. The summed E-state index contributed by atoms with van der Waals surface area (Å²) in [5.74, 6) is 1.82. The molecule has 158 valence electrons. The Morgan fingerprint density at radius 3 is 2.79 bits per heavy atom. The number of rotatable bonds is 7. The van der Waals surface area contributed by atoms with Crippen molar-refractivity contribution < 1.29 is 17.9 Å². The van der Waals surface area contributed by atoms with E-state index in [0.717, 1.165) is 49.2 Å². The Hall–Kier alpha value is -1.25. The first-order valence-electron chi connectivity index (χ1n) is 10.5. The number of sulfonamides is 1. The first-order valence-corrected chi connectivity index (χ1v) is 12.1. The van der Waals surface area contributed by atoms with E-state index in [2.05, 4.69) is 13.8 Å². The number of unbranched alkanes of at least 4 members (excludes halogenated alkanes) is 1. The van der Waals surface area contributed by atoms with Crippen LogP contribution in [-0.4, -0.2) is 60.9 Å². The van der Waals surface area contributed by atoms with Gasteiger partial charge in [0.15, 0.2) is 0 Å². The molecule has 0 radical (unpaired) electrons. The van der Waals surface area contributed by atoms with Gasteiger partial charge in [-0.2, -0.15) is 9.29 Å². The fourth-order valence-corrected chi connectivity index (χ4v) is 5.36. The third-order valence-electron chi connectivity index (χ3n) is 5.34. The highest BCUT2D eigenvalue weighted by Crippen LogP contribution is 2.28. The summed E-state index contributed by atoms with van der Waals surface area (Å²) in [5, 5.41) is 0.